The van der Waals surface area contributed by atoms with Crippen LogP contribution in [0.5, 0.6) is 5.75 Å². The summed E-state index contributed by atoms with van der Waals surface area (Å²) in [5.74, 6) is 3.20. The largest absolute Gasteiger partial charge is 0.497 e. The van der Waals surface area contributed by atoms with Gasteiger partial charge in [0.05, 0.1) is 29.7 Å². The molecule has 1 aromatic heterocycles. The molecule has 4 saturated carbocycles. The molecular formula is C25H30N4O4S. The van der Waals surface area contributed by atoms with Gasteiger partial charge in [-0.05, 0) is 74.8 Å². The Hall–Kier alpha value is -2.52. The molecule has 4 fully saturated rings. The number of benzene rings is 1. The van der Waals surface area contributed by atoms with Crippen LogP contribution >= 0.6 is 0 Å². The number of hydrogen-bond donors (Lipinski definition) is 1. The highest BCUT2D eigenvalue weighted by Gasteiger charge is 2.54. The third-order valence-corrected chi connectivity index (χ3v) is 10.2. The number of hydrogen-bond acceptors (Lipinski definition) is 6. The van der Waals surface area contributed by atoms with Crippen LogP contribution in [0.15, 0.2) is 35.5 Å². The minimum atomic E-state index is -3.70. The molecule has 4 aliphatic carbocycles. The van der Waals surface area contributed by atoms with Crippen molar-refractivity contribution < 1.29 is 17.9 Å². The monoisotopic (exact) mass is 482 g/mol. The topological polar surface area (TPSA) is 101 Å². The number of amides is 1. The summed E-state index contributed by atoms with van der Waals surface area (Å²) in [5.41, 5.74) is 1.23. The average Bonchev–Trinajstić information content (AvgIpc) is 2.83. The molecule has 7 rings (SSSR count). The number of fused-ring (bicyclic) bond motifs is 1. The van der Waals surface area contributed by atoms with E-state index in [4.69, 9.17) is 4.74 Å². The van der Waals surface area contributed by atoms with Gasteiger partial charge in [-0.3, -0.25) is 4.79 Å². The summed E-state index contributed by atoms with van der Waals surface area (Å²) in [7, 11) is -2.19. The lowest BCUT2D eigenvalue weighted by Gasteiger charge is -2.55. The van der Waals surface area contributed by atoms with Gasteiger partial charge in [0.15, 0.2) is 0 Å². The lowest BCUT2D eigenvalue weighted by Crippen LogP contribution is -2.52. The second kappa shape index (κ2) is 8.02. The first-order chi connectivity index (χ1) is 16.4. The third-order valence-electron chi connectivity index (χ3n) is 8.40. The number of methoxy groups -OCH3 is 1. The zero-order chi connectivity index (χ0) is 23.5. The number of nitrogens with zero attached hydrogens (tertiary/aromatic N) is 3. The van der Waals surface area contributed by atoms with Crippen LogP contribution in [0.2, 0.25) is 0 Å². The van der Waals surface area contributed by atoms with Crippen molar-refractivity contribution in [3.63, 3.8) is 0 Å². The number of carbonyl (C=O) groups excluding carboxylic acids is 1. The molecule has 4 bridgehead atoms. The van der Waals surface area contributed by atoms with Gasteiger partial charge in [-0.25, -0.2) is 18.4 Å². The molecule has 180 valence electrons. The summed E-state index contributed by atoms with van der Waals surface area (Å²) in [6, 6.07) is 6.49. The molecular weight excluding hydrogens is 452 g/mol. The predicted molar refractivity (Wildman–Crippen MR) is 126 cm³/mol. The Morgan fingerprint density at radius 2 is 1.82 bits per heavy atom. The van der Waals surface area contributed by atoms with E-state index in [1.807, 2.05) is 0 Å². The Morgan fingerprint density at radius 3 is 2.50 bits per heavy atom. The van der Waals surface area contributed by atoms with Gasteiger partial charge in [0.1, 0.15) is 17.9 Å². The maximum Gasteiger partial charge on any atom is 0.243 e. The summed E-state index contributed by atoms with van der Waals surface area (Å²) in [6.45, 7) is 0.456. The van der Waals surface area contributed by atoms with Crippen molar-refractivity contribution in [1.82, 2.24) is 14.3 Å². The predicted octanol–water partition coefficient (Wildman–Crippen LogP) is 3.39. The van der Waals surface area contributed by atoms with E-state index in [1.165, 1.54) is 43.1 Å². The Morgan fingerprint density at radius 1 is 1.12 bits per heavy atom. The summed E-state index contributed by atoms with van der Waals surface area (Å²) in [5, 5.41) is 3.15. The molecule has 1 amide bonds. The van der Waals surface area contributed by atoms with Gasteiger partial charge >= 0.3 is 0 Å². The lowest BCUT2D eigenvalue weighted by molar-refractivity contribution is -0.140. The molecule has 9 heteroatoms. The van der Waals surface area contributed by atoms with E-state index >= 15 is 0 Å². The fourth-order valence-corrected chi connectivity index (χ4v) is 8.62. The van der Waals surface area contributed by atoms with Gasteiger partial charge in [-0.15, -0.1) is 0 Å². The molecule has 8 nitrogen and oxygen atoms in total. The highest BCUT2D eigenvalue weighted by Crippen LogP contribution is 2.60. The van der Waals surface area contributed by atoms with Crippen LogP contribution in [-0.2, 0) is 27.8 Å². The molecule has 2 aromatic rings. The minimum absolute atomic E-state index is 0.0962. The maximum absolute atomic E-state index is 13.5. The van der Waals surface area contributed by atoms with Crippen LogP contribution in [0, 0.1) is 23.2 Å². The van der Waals surface area contributed by atoms with Gasteiger partial charge < -0.3 is 10.1 Å². The summed E-state index contributed by atoms with van der Waals surface area (Å²) < 4.78 is 33.1. The van der Waals surface area contributed by atoms with Crippen molar-refractivity contribution in [2.24, 2.45) is 23.2 Å². The number of ether oxygens (including phenoxy) is 1. The Kier molecular flexibility index (Phi) is 5.18. The fourth-order valence-electron chi connectivity index (χ4n) is 7.18. The SMILES string of the molecule is COc1cccc(S(=O)(=O)N2CCc3c(ncnc3NC(=O)C34CC5CC(CC(C5)C3)C4)C2)c1. The lowest BCUT2D eigenvalue weighted by atomic mass is 9.49. The van der Waals surface area contributed by atoms with Crippen molar-refractivity contribution in [1.29, 1.82) is 0 Å². The zero-order valence-corrected chi connectivity index (χ0v) is 20.2. The van der Waals surface area contributed by atoms with E-state index in [1.54, 1.807) is 18.2 Å². The van der Waals surface area contributed by atoms with Gasteiger partial charge in [0, 0.05) is 18.2 Å². The molecule has 0 spiro atoms. The first-order valence-corrected chi connectivity index (χ1v) is 13.6. The van der Waals surface area contributed by atoms with Crippen LogP contribution in [0.4, 0.5) is 5.82 Å². The van der Waals surface area contributed by atoms with E-state index in [0.29, 0.717) is 48.0 Å². The molecule has 5 aliphatic rings. The number of sulfonamides is 1. The van der Waals surface area contributed by atoms with E-state index in [9.17, 15) is 13.2 Å². The number of aromatic nitrogens is 2. The van der Waals surface area contributed by atoms with Gasteiger partial charge in [-0.1, -0.05) is 6.07 Å². The van der Waals surface area contributed by atoms with Crippen LogP contribution in [0.3, 0.4) is 0 Å². The Bertz CT molecular complexity index is 1210. The molecule has 2 heterocycles. The van der Waals surface area contributed by atoms with E-state index in [0.717, 1.165) is 24.8 Å². The van der Waals surface area contributed by atoms with E-state index in [2.05, 4.69) is 15.3 Å². The number of anilines is 1. The fraction of sp³-hybridized carbons (Fsp3) is 0.560. The first kappa shape index (κ1) is 22.0. The molecule has 0 saturated heterocycles. The van der Waals surface area contributed by atoms with Crippen LogP contribution in [-0.4, -0.2) is 42.3 Å². The standard InChI is InChI=1S/C25H30N4O4S/c1-33-19-3-2-4-20(10-19)34(31,32)29-6-5-21-22(14-29)26-15-27-23(21)28-24(30)25-11-16-7-17(12-25)9-18(8-16)13-25/h2-4,10,15-18H,5-9,11-14H2,1H3,(H,26,27,28,30). The molecule has 0 unspecified atom stereocenters. The van der Waals surface area contributed by atoms with Crippen molar-refractivity contribution in [2.45, 2.75) is 56.4 Å². The Labute approximate surface area is 200 Å². The molecule has 1 N–H and O–H groups in total. The molecule has 1 aromatic carbocycles. The smallest absolute Gasteiger partial charge is 0.243 e. The normalized spacial score (nSPS) is 30.1. The van der Waals surface area contributed by atoms with Crippen LogP contribution < -0.4 is 10.1 Å². The second-order valence-corrected chi connectivity index (χ2v) is 12.5. The van der Waals surface area contributed by atoms with Crippen molar-refractivity contribution in [2.75, 3.05) is 19.0 Å². The van der Waals surface area contributed by atoms with Crippen molar-refractivity contribution in [3.8, 4) is 5.75 Å². The first-order valence-electron chi connectivity index (χ1n) is 12.1. The van der Waals surface area contributed by atoms with Crippen LogP contribution in [0.25, 0.3) is 0 Å². The van der Waals surface area contributed by atoms with Crippen molar-refractivity contribution >= 4 is 21.7 Å². The number of nitrogens with one attached hydrogen (secondary N) is 1. The van der Waals surface area contributed by atoms with Gasteiger partial charge in [0.25, 0.3) is 0 Å². The Balaban J connectivity index is 1.22. The minimum Gasteiger partial charge on any atom is -0.497 e. The molecule has 34 heavy (non-hydrogen) atoms. The highest BCUT2D eigenvalue weighted by atomic mass is 32.2. The summed E-state index contributed by atoms with van der Waals surface area (Å²) in [4.78, 5) is 22.5. The molecule has 1 aliphatic heterocycles. The summed E-state index contributed by atoms with van der Waals surface area (Å²) >= 11 is 0. The third kappa shape index (κ3) is 3.60. The number of rotatable bonds is 5. The average molecular weight is 483 g/mol. The van der Waals surface area contributed by atoms with Crippen LogP contribution in [0.1, 0.15) is 49.8 Å². The van der Waals surface area contributed by atoms with E-state index in [-0.39, 0.29) is 22.8 Å². The highest BCUT2D eigenvalue weighted by molar-refractivity contribution is 7.89. The molecule has 0 atom stereocenters. The molecule has 0 radical (unpaired) electrons. The van der Waals surface area contributed by atoms with Crippen molar-refractivity contribution in [3.05, 3.63) is 41.9 Å². The maximum atomic E-state index is 13.5. The second-order valence-electron chi connectivity index (χ2n) is 10.6. The number of carbonyl (C=O) groups is 1. The van der Waals surface area contributed by atoms with E-state index < -0.39 is 10.0 Å². The van der Waals surface area contributed by atoms with Gasteiger partial charge in [0.2, 0.25) is 15.9 Å². The summed E-state index contributed by atoms with van der Waals surface area (Å²) in [6.07, 6.45) is 8.71. The van der Waals surface area contributed by atoms with Gasteiger partial charge in [-0.2, -0.15) is 4.31 Å². The zero-order valence-electron chi connectivity index (χ0n) is 19.4. The quantitative estimate of drug-likeness (QED) is 0.701.